The summed E-state index contributed by atoms with van der Waals surface area (Å²) in [7, 11) is 0. The first kappa shape index (κ1) is 14.2. The molecular weight excluding hydrogens is 236 g/mol. The number of likely N-dealkylation sites (tertiary alicyclic amines) is 1. The van der Waals surface area contributed by atoms with Crippen molar-refractivity contribution in [3.05, 3.63) is 24.3 Å². The minimum absolute atomic E-state index is 0.559. The summed E-state index contributed by atoms with van der Waals surface area (Å²) in [6, 6.07) is 9.51. The standard InChI is InChI=1S/C16H26N2O/c1-4-10-19-16-7-5-6-14(11-16)17-15-8-9-18(12-15)13(2)3/h5-7,11,13,15,17H,4,8-10,12H2,1-3H3. The highest BCUT2D eigenvalue weighted by Gasteiger charge is 2.23. The fraction of sp³-hybridized carbons (Fsp3) is 0.625. The number of rotatable bonds is 6. The zero-order valence-corrected chi connectivity index (χ0v) is 12.4. The van der Waals surface area contributed by atoms with Gasteiger partial charge in [-0.05, 0) is 38.8 Å². The Morgan fingerprint density at radius 1 is 1.42 bits per heavy atom. The van der Waals surface area contributed by atoms with Crippen LogP contribution >= 0.6 is 0 Å². The maximum atomic E-state index is 5.67. The molecule has 0 bridgehead atoms. The van der Waals surface area contributed by atoms with Crippen LogP contribution < -0.4 is 10.1 Å². The van der Waals surface area contributed by atoms with Crippen molar-refractivity contribution in [3.8, 4) is 5.75 Å². The largest absolute Gasteiger partial charge is 0.494 e. The lowest BCUT2D eigenvalue weighted by atomic mass is 10.2. The molecule has 1 N–H and O–H groups in total. The summed E-state index contributed by atoms with van der Waals surface area (Å²) in [5.74, 6) is 0.963. The molecule has 0 aromatic heterocycles. The summed E-state index contributed by atoms with van der Waals surface area (Å²) in [5, 5.41) is 3.62. The molecular formula is C16H26N2O. The first-order valence-electron chi connectivity index (χ1n) is 7.42. The SMILES string of the molecule is CCCOc1cccc(NC2CCN(C(C)C)C2)c1. The van der Waals surface area contributed by atoms with E-state index in [0.717, 1.165) is 25.3 Å². The molecule has 1 saturated heterocycles. The highest BCUT2D eigenvalue weighted by Crippen LogP contribution is 2.21. The highest BCUT2D eigenvalue weighted by molar-refractivity contribution is 5.49. The molecule has 3 heteroatoms. The molecule has 0 amide bonds. The number of nitrogens with zero attached hydrogens (tertiary/aromatic N) is 1. The smallest absolute Gasteiger partial charge is 0.121 e. The second kappa shape index (κ2) is 6.80. The van der Waals surface area contributed by atoms with Gasteiger partial charge in [-0.15, -0.1) is 0 Å². The molecule has 1 aromatic carbocycles. The van der Waals surface area contributed by atoms with Crippen molar-refractivity contribution in [1.29, 1.82) is 0 Å². The third kappa shape index (κ3) is 4.13. The first-order chi connectivity index (χ1) is 9.19. The van der Waals surface area contributed by atoms with Crippen molar-refractivity contribution >= 4 is 5.69 Å². The van der Waals surface area contributed by atoms with Crippen LogP contribution in [0.2, 0.25) is 0 Å². The lowest BCUT2D eigenvalue weighted by Gasteiger charge is -2.21. The van der Waals surface area contributed by atoms with E-state index >= 15 is 0 Å². The van der Waals surface area contributed by atoms with Crippen LogP contribution in [0.3, 0.4) is 0 Å². The fourth-order valence-electron chi connectivity index (χ4n) is 2.51. The second-order valence-electron chi connectivity index (χ2n) is 5.59. The van der Waals surface area contributed by atoms with Crippen LogP contribution in [-0.4, -0.2) is 36.7 Å². The summed E-state index contributed by atoms with van der Waals surface area (Å²) in [4.78, 5) is 2.52. The zero-order chi connectivity index (χ0) is 13.7. The monoisotopic (exact) mass is 262 g/mol. The molecule has 19 heavy (non-hydrogen) atoms. The van der Waals surface area contributed by atoms with E-state index in [1.165, 1.54) is 18.7 Å². The van der Waals surface area contributed by atoms with Gasteiger partial charge in [0.15, 0.2) is 0 Å². The number of nitrogens with one attached hydrogen (secondary N) is 1. The Labute approximate surface area is 116 Å². The normalized spacial score (nSPS) is 19.9. The summed E-state index contributed by atoms with van der Waals surface area (Å²) in [6.07, 6.45) is 2.27. The average molecular weight is 262 g/mol. The molecule has 106 valence electrons. The van der Waals surface area contributed by atoms with Gasteiger partial charge in [0.25, 0.3) is 0 Å². The Morgan fingerprint density at radius 2 is 2.26 bits per heavy atom. The number of anilines is 1. The fourth-order valence-corrected chi connectivity index (χ4v) is 2.51. The Bertz CT molecular complexity index is 392. The van der Waals surface area contributed by atoms with Gasteiger partial charge in [-0.3, -0.25) is 4.90 Å². The van der Waals surface area contributed by atoms with Crippen LogP contribution in [-0.2, 0) is 0 Å². The quantitative estimate of drug-likeness (QED) is 0.850. The molecule has 3 nitrogen and oxygen atoms in total. The molecule has 2 rings (SSSR count). The maximum absolute atomic E-state index is 5.67. The Balaban J connectivity index is 1.89. The van der Waals surface area contributed by atoms with Gasteiger partial charge in [0.1, 0.15) is 5.75 Å². The van der Waals surface area contributed by atoms with E-state index in [1.807, 2.05) is 6.07 Å². The third-order valence-corrected chi connectivity index (χ3v) is 3.63. The van der Waals surface area contributed by atoms with Gasteiger partial charge in [0, 0.05) is 36.9 Å². The zero-order valence-electron chi connectivity index (χ0n) is 12.4. The highest BCUT2D eigenvalue weighted by atomic mass is 16.5. The van der Waals surface area contributed by atoms with Crippen molar-refractivity contribution in [2.45, 2.75) is 45.7 Å². The van der Waals surface area contributed by atoms with E-state index in [-0.39, 0.29) is 0 Å². The minimum atomic E-state index is 0.559. The molecule has 1 aliphatic rings. The van der Waals surface area contributed by atoms with Crippen molar-refractivity contribution in [1.82, 2.24) is 4.90 Å². The van der Waals surface area contributed by atoms with Crippen LogP contribution in [0.25, 0.3) is 0 Å². The molecule has 0 radical (unpaired) electrons. The molecule has 1 atom stereocenters. The molecule has 0 aliphatic carbocycles. The van der Waals surface area contributed by atoms with Crippen molar-refractivity contribution in [3.63, 3.8) is 0 Å². The van der Waals surface area contributed by atoms with E-state index in [9.17, 15) is 0 Å². The number of hydrogen-bond donors (Lipinski definition) is 1. The number of hydrogen-bond acceptors (Lipinski definition) is 3. The van der Waals surface area contributed by atoms with E-state index in [0.29, 0.717) is 12.1 Å². The predicted molar refractivity (Wildman–Crippen MR) is 81.0 cm³/mol. The Kier molecular flexibility index (Phi) is 5.08. The summed E-state index contributed by atoms with van der Waals surface area (Å²) in [6.45, 7) is 9.78. The van der Waals surface area contributed by atoms with Gasteiger partial charge >= 0.3 is 0 Å². The molecule has 0 saturated carbocycles. The molecule has 1 fully saturated rings. The predicted octanol–water partition coefficient (Wildman–Crippen LogP) is 3.37. The third-order valence-electron chi connectivity index (χ3n) is 3.63. The molecule has 1 aliphatic heterocycles. The maximum Gasteiger partial charge on any atom is 0.121 e. The minimum Gasteiger partial charge on any atom is -0.494 e. The molecule has 1 aromatic rings. The van der Waals surface area contributed by atoms with Crippen LogP contribution in [0, 0.1) is 0 Å². The summed E-state index contributed by atoms with van der Waals surface area (Å²) in [5.41, 5.74) is 1.17. The van der Waals surface area contributed by atoms with Crippen molar-refractivity contribution in [2.24, 2.45) is 0 Å². The summed E-state index contributed by atoms with van der Waals surface area (Å²) >= 11 is 0. The number of benzene rings is 1. The van der Waals surface area contributed by atoms with Crippen LogP contribution in [0.1, 0.15) is 33.6 Å². The van der Waals surface area contributed by atoms with E-state index in [2.05, 4.69) is 49.2 Å². The van der Waals surface area contributed by atoms with E-state index in [4.69, 9.17) is 4.74 Å². The van der Waals surface area contributed by atoms with Gasteiger partial charge in [0.2, 0.25) is 0 Å². The number of ether oxygens (including phenoxy) is 1. The molecule has 1 unspecified atom stereocenters. The van der Waals surface area contributed by atoms with Gasteiger partial charge in [0.05, 0.1) is 6.61 Å². The molecule has 1 heterocycles. The van der Waals surface area contributed by atoms with Gasteiger partial charge < -0.3 is 10.1 Å². The van der Waals surface area contributed by atoms with Crippen molar-refractivity contribution in [2.75, 3.05) is 25.0 Å². The Hall–Kier alpha value is -1.22. The van der Waals surface area contributed by atoms with Gasteiger partial charge in [-0.25, -0.2) is 0 Å². The Morgan fingerprint density at radius 3 is 2.95 bits per heavy atom. The second-order valence-corrected chi connectivity index (χ2v) is 5.59. The van der Waals surface area contributed by atoms with Crippen LogP contribution in [0.5, 0.6) is 5.75 Å². The van der Waals surface area contributed by atoms with Crippen LogP contribution in [0.15, 0.2) is 24.3 Å². The molecule has 0 spiro atoms. The van der Waals surface area contributed by atoms with Gasteiger partial charge in [-0.2, -0.15) is 0 Å². The van der Waals surface area contributed by atoms with E-state index < -0.39 is 0 Å². The summed E-state index contributed by atoms with van der Waals surface area (Å²) < 4.78 is 5.67. The van der Waals surface area contributed by atoms with Gasteiger partial charge in [-0.1, -0.05) is 13.0 Å². The lowest BCUT2D eigenvalue weighted by Crippen LogP contribution is -2.31. The van der Waals surface area contributed by atoms with E-state index in [1.54, 1.807) is 0 Å². The average Bonchev–Trinajstić information content (AvgIpc) is 2.85. The van der Waals surface area contributed by atoms with Crippen LogP contribution in [0.4, 0.5) is 5.69 Å². The van der Waals surface area contributed by atoms with Crippen molar-refractivity contribution < 1.29 is 4.74 Å². The topological polar surface area (TPSA) is 24.5 Å². The lowest BCUT2D eigenvalue weighted by molar-refractivity contribution is 0.274. The first-order valence-corrected chi connectivity index (χ1v) is 7.42.